The second-order valence-corrected chi connectivity index (χ2v) is 3.62. The van der Waals surface area contributed by atoms with Crippen LogP contribution in [0, 0.1) is 6.92 Å². The molecule has 1 aliphatic carbocycles. The maximum atomic E-state index is 3.66. The third-order valence-corrected chi connectivity index (χ3v) is 2.46. The van der Waals surface area contributed by atoms with Crippen molar-refractivity contribution in [1.82, 2.24) is 4.98 Å². The predicted molar refractivity (Wildman–Crippen MR) is 64.6 cm³/mol. The number of H-pyrrole nitrogens is 1. The molecule has 0 atom stereocenters. The van der Waals surface area contributed by atoms with Gasteiger partial charge in [-0.05, 0) is 31.6 Å². The standard InChI is InChI=1S/C14H13N/c1-4-5-6-13-11(3)12-8-7-10(2)9-14(12)15-13/h4-6,9,15H,1H2,2-3H3/b6-5-. The molecular formula is C14H13N. The van der Waals surface area contributed by atoms with Crippen LogP contribution in [0.2, 0.25) is 0 Å². The Labute approximate surface area is 89.1 Å². The van der Waals surface area contributed by atoms with Crippen LogP contribution in [-0.4, -0.2) is 4.98 Å². The Kier molecular flexibility index (Phi) is 2.35. The lowest BCUT2D eigenvalue weighted by Crippen LogP contribution is -2.23. The number of allylic oxidation sites excluding steroid dienone is 3. The van der Waals surface area contributed by atoms with Gasteiger partial charge < -0.3 is 4.98 Å². The summed E-state index contributed by atoms with van der Waals surface area (Å²) in [6, 6.07) is 0. The molecule has 0 aliphatic heterocycles. The number of hydrogen-bond acceptors (Lipinski definition) is 0. The first-order valence-corrected chi connectivity index (χ1v) is 4.94. The van der Waals surface area contributed by atoms with Crippen molar-refractivity contribution in [3.8, 4) is 0 Å². The zero-order valence-electron chi connectivity index (χ0n) is 9.02. The van der Waals surface area contributed by atoms with Crippen LogP contribution in [0.3, 0.4) is 0 Å². The van der Waals surface area contributed by atoms with E-state index in [1.54, 1.807) is 6.08 Å². The van der Waals surface area contributed by atoms with Gasteiger partial charge in [0.15, 0.2) is 0 Å². The highest BCUT2D eigenvalue weighted by Gasteiger charge is 2.02. The Morgan fingerprint density at radius 2 is 2.13 bits per heavy atom. The van der Waals surface area contributed by atoms with E-state index in [1.807, 2.05) is 19.1 Å². The van der Waals surface area contributed by atoms with Gasteiger partial charge in [-0.25, -0.2) is 0 Å². The van der Waals surface area contributed by atoms with E-state index >= 15 is 0 Å². The van der Waals surface area contributed by atoms with E-state index in [2.05, 4.69) is 36.0 Å². The molecule has 1 heteroatoms. The molecule has 1 heterocycles. The van der Waals surface area contributed by atoms with E-state index in [4.69, 9.17) is 0 Å². The van der Waals surface area contributed by atoms with Gasteiger partial charge in [-0.3, -0.25) is 0 Å². The van der Waals surface area contributed by atoms with Crippen LogP contribution >= 0.6 is 0 Å². The first kappa shape index (κ1) is 9.61. The SMILES string of the molecule is C=C/C=C\c1[nH]c2c(c1C)=C=C=C(C)C=2. The van der Waals surface area contributed by atoms with E-state index in [0.29, 0.717) is 0 Å². The fourth-order valence-corrected chi connectivity index (χ4v) is 1.65. The minimum Gasteiger partial charge on any atom is -0.354 e. The van der Waals surface area contributed by atoms with E-state index < -0.39 is 0 Å². The molecule has 0 radical (unpaired) electrons. The van der Waals surface area contributed by atoms with Crippen LogP contribution in [0.1, 0.15) is 18.2 Å². The summed E-state index contributed by atoms with van der Waals surface area (Å²) in [4.78, 5) is 3.35. The van der Waals surface area contributed by atoms with Gasteiger partial charge in [0.1, 0.15) is 0 Å². The summed E-state index contributed by atoms with van der Waals surface area (Å²) < 4.78 is 0. The molecule has 0 amide bonds. The number of aromatic amines is 1. The number of hydrogen-bond donors (Lipinski definition) is 1. The predicted octanol–water partition coefficient (Wildman–Crippen LogP) is 1.80. The summed E-state index contributed by atoms with van der Waals surface area (Å²) in [5.74, 6) is 0. The van der Waals surface area contributed by atoms with Crippen LogP contribution in [0.5, 0.6) is 0 Å². The zero-order valence-corrected chi connectivity index (χ0v) is 9.02. The van der Waals surface area contributed by atoms with Gasteiger partial charge in [-0.1, -0.05) is 30.2 Å². The van der Waals surface area contributed by atoms with E-state index in [0.717, 1.165) is 21.8 Å². The fraction of sp³-hybridized carbons (Fsp3) is 0.143. The lowest BCUT2D eigenvalue weighted by Gasteiger charge is -1.87. The Morgan fingerprint density at radius 1 is 1.33 bits per heavy atom. The molecule has 1 aliphatic rings. The van der Waals surface area contributed by atoms with Gasteiger partial charge in [0.05, 0.1) is 10.6 Å². The molecular weight excluding hydrogens is 182 g/mol. The van der Waals surface area contributed by atoms with Crippen molar-refractivity contribution in [3.63, 3.8) is 0 Å². The highest BCUT2D eigenvalue weighted by atomic mass is 14.7. The molecule has 0 fully saturated rings. The normalized spacial score (nSPS) is 13.1. The fourth-order valence-electron chi connectivity index (χ4n) is 1.65. The van der Waals surface area contributed by atoms with Gasteiger partial charge in [0.25, 0.3) is 0 Å². The molecule has 2 rings (SSSR count). The Morgan fingerprint density at radius 3 is 2.87 bits per heavy atom. The van der Waals surface area contributed by atoms with Crippen molar-refractivity contribution in [2.24, 2.45) is 0 Å². The Hall–Kier alpha value is -1.94. The van der Waals surface area contributed by atoms with Crippen LogP contribution in [-0.2, 0) is 0 Å². The topological polar surface area (TPSA) is 15.8 Å². The van der Waals surface area contributed by atoms with Crippen LogP contribution in [0.15, 0.2) is 30.0 Å². The highest BCUT2D eigenvalue weighted by molar-refractivity contribution is 5.57. The first-order chi connectivity index (χ1) is 7.22. The molecule has 0 saturated carbocycles. The summed E-state index contributed by atoms with van der Waals surface area (Å²) in [5, 5.41) is 2.23. The first-order valence-electron chi connectivity index (χ1n) is 4.94. The van der Waals surface area contributed by atoms with Crippen molar-refractivity contribution in [3.05, 3.63) is 51.9 Å². The number of nitrogens with one attached hydrogen (secondary N) is 1. The van der Waals surface area contributed by atoms with E-state index in [1.165, 1.54) is 5.56 Å². The average Bonchev–Trinajstić information content (AvgIpc) is 2.52. The molecule has 15 heavy (non-hydrogen) atoms. The van der Waals surface area contributed by atoms with Crippen molar-refractivity contribution >= 4 is 17.9 Å². The number of aromatic nitrogens is 1. The van der Waals surface area contributed by atoms with Gasteiger partial charge in [-0.15, -0.1) is 0 Å². The Bertz CT molecular complexity index is 626. The van der Waals surface area contributed by atoms with Gasteiger partial charge in [0, 0.05) is 11.3 Å². The van der Waals surface area contributed by atoms with Crippen LogP contribution < -0.4 is 10.6 Å². The lowest BCUT2D eigenvalue weighted by atomic mass is 10.1. The maximum absolute atomic E-state index is 3.66. The van der Waals surface area contributed by atoms with E-state index in [-0.39, 0.29) is 0 Å². The van der Waals surface area contributed by atoms with Gasteiger partial charge in [-0.2, -0.15) is 0 Å². The minimum absolute atomic E-state index is 1.10. The molecule has 1 aromatic heterocycles. The quantitative estimate of drug-likeness (QED) is 0.547. The molecule has 0 spiro atoms. The monoisotopic (exact) mass is 195 g/mol. The second kappa shape index (κ2) is 3.67. The number of rotatable bonds is 2. The molecule has 0 aromatic carbocycles. The van der Waals surface area contributed by atoms with Crippen molar-refractivity contribution < 1.29 is 0 Å². The molecule has 0 unspecified atom stereocenters. The Balaban J connectivity index is 2.73. The molecule has 74 valence electrons. The van der Waals surface area contributed by atoms with Crippen molar-refractivity contribution in [2.75, 3.05) is 0 Å². The third kappa shape index (κ3) is 1.67. The molecule has 1 nitrogen and oxygen atoms in total. The highest BCUT2D eigenvalue weighted by Crippen LogP contribution is 2.01. The van der Waals surface area contributed by atoms with Crippen molar-refractivity contribution in [2.45, 2.75) is 13.8 Å². The molecule has 1 N–H and O–H groups in total. The van der Waals surface area contributed by atoms with Gasteiger partial charge >= 0.3 is 0 Å². The smallest absolute Gasteiger partial charge is 0.0556 e. The molecule has 1 aromatic rings. The minimum atomic E-state index is 1.10. The summed E-state index contributed by atoms with van der Waals surface area (Å²) in [6.45, 7) is 7.76. The largest absolute Gasteiger partial charge is 0.354 e. The summed E-state index contributed by atoms with van der Waals surface area (Å²) in [7, 11) is 0. The third-order valence-electron chi connectivity index (χ3n) is 2.46. The molecule has 0 saturated heterocycles. The number of fused-ring (bicyclic) bond motifs is 1. The summed E-state index contributed by atoms with van der Waals surface area (Å²) in [5.41, 5.74) is 9.68. The average molecular weight is 195 g/mol. The van der Waals surface area contributed by atoms with Crippen LogP contribution in [0.25, 0.3) is 17.9 Å². The maximum Gasteiger partial charge on any atom is 0.0556 e. The summed E-state index contributed by atoms with van der Waals surface area (Å²) >= 11 is 0. The molecule has 0 bridgehead atoms. The lowest BCUT2D eigenvalue weighted by molar-refractivity contribution is 1.28. The van der Waals surface area contributed by atoms with Gasteiger partial charge in [0.2, 0.25) is 0 Å². The van der Waals surface area contributed by atoms with Crippen molar-refractivity contribution in [1.29, 1.82) is 0 Å². The van der Waals surface area contributed by atoms with Crippen LogP contribution in [0.4, 0.5) is 0 Å². The zero-order chi connectivity index (χ0) is 10.8. The second-order valence-electron chi connectivity index (χ2n) is 3.62. The van der Waals surface area contributed by atoms with E-state index in [9.17, 15) is 0 Å². The summed E-state index contributed by atoms with van der Waals surface area (Å²) in [6.07, 6.45) is 7.80.